The number of ether oxygens (including phenoxy) is 1. The van der Waals surface area contributed by atoms with E-state index in [2.05, 4.69) is 5.32 Å². The minimum Gasteiger partial charge on any atom is -0.370 e. The van der Waals surface area contributed by atoms with Crippen molar-refractivity contribution < 1.29 is 46.6 Å². The first-order valence-electron chi connectivity index (χ1n) is 16.5. The Kier molecular flexibility index (Phi) is 10.8. The van der Waals surface area contributed by atoms with Crippen LogP contribution in [0, 0.1) is 11.2 Å². The Morgan fingerprint density at radius 2 is 1.72 bits per heavy atom. The van der Waals surface area contributed by atoms with Crippen molar-refractivity contribution in [1.82, 2.24) is 15.1 Å². The van der Waals surface area contributed by atoms with Crippen molar-refractivity contribution in [2.24, 2.45) is 5.41 Å². The highest BCUT2D eigenvalue weighted by Gasteiger charge is 2.50. The van der Waals surface area contributed by atoms with Gasteiger partial charge in [0.1, 0.15) is 24.0 Å². The lowest BCUT2D eigenvalue weighted by Gasteiger charge is -2.43. The van der Waals surface area contributed by atoms with Gasteiger partial charge in [0.25, 0.3) is 5.91 Å². The van der Waals surface area contributed by atoms with Crippen molar-refractivity contribution in [3.05, 3.63) is 104 Å². The normalized spacial score (nSPS) is 18.8. The summed E-state index contributed by atoms with van der Waals surface area (Å²) in [6.07, 6.45) is -0.559. The molecule has 6 rings (SSSR count). The molecule has 0 aliphatic carbocycles. The summed E-state index contributed by atoms with van der Waals surface area (Å²) in [6.45, 7) is 5.72. The van der Waals surface area contributed by atoms with E-state index in [0.717, 1.165) is 34.6 Å². The average Bonchev–Trinajstić information content (AvgIpc) is 3.54. The molecule has 3 amide bonds. The maximum Gasteiger partial charge on any atom is 0.399 e. The summed E-state index contributed by atoms with van der Waals surface area (Å²) in [6, 6.07) is 12.2. The molecule has 0 radical (unpaired) electrons. The van der Waals surface area contributed by atoms with Crippen molar-refractivity contribution in [3.8, 4) is 0 Å². The van der Waals surface area contributed by atoms with Gasteiger partial charge in [-0.25, -0.2) is 4.39 Å². The third-order valence-corrected chi connectivity index (χ3v) is 12.1. The highest BCUT2D eigenvalue weighted by molar-refractivity contribution is 7.52. The maximum atomic E-state index is 14.6. The molecule has 1 saturated heterocycles. The molecule has 1 aromatic heterocycles. The molecule has 2 aliphatic heterocycles. The molecule has 3 atom stereocenters. The quantitative estimate of drug-likeness (QED) is 0.132. The number of nitrogens with one attached hydrogen (secondary N) is 1. The first kappa shape index (κ1) is 39.2. The third-order valence-electron chi connectivity index (χ3n) is 9.42. The molecular formula is C36H35Cl2F3N3O7PS. The number of rotatable bonds is 7. The predicted molar refractivity (Wildman–Crippen MR) is 195 cm³/mol. The van der Waals surface area contributed by atoms with Crippen LogP contribution in [0.25, 0.3) is 10.1 Å². The molecule has 1 unspecified atom stereocenters. The second-order valence-electron chi connectivity index (χ2n) is 14.1. The van der Waals surface area contributed by atoms with Gasteiger partial charge in [0.05, 0.1) is 23.1 Å². The fourth-order valence-electron chi connectivity index (χ4n) is 6.54. The standard InChI is InChI=1S/C36H35Cl2F3N3O7PS/c1-35(2,3)31(42-32(45)30-14-21-12-22(8-9-29(21)53-30)36(40,41)52(48,49)50)34(47)44-17-20-7-5-4-6-19(20)13-27(44)33(46)43-10-11-51-28(18-43)23-15-26(39)25(38)16-24(23)37/h4-9,12,14-16,27-28,31H,10-11,13,17-18H2,1-3H3,(H,42,45)(H2,48,49,50)/t27-,28?,31+/m0/s1. The van der Waals surface area contributed by atoms with Crippen molar-refractivity contribution in [1.29, 1.82) is 0 Å². The van der Waals surface area contributed by atoms with Crippen LogP contribution in [0.15, 0.2) is 60.7 Å². The lowest BCUT2D eigenvalue weighted by Crippen LogP contribution is -2.61. The van der Waals surface area contributed by atoms with Crippen molar-refractivity contribution in [2.45, 2.75) is 57.6 Å². The highest BCUT2D eigenvalue weighted by Crippen LogP contribution is 2.59. The second kappa shape index (κ2) is 14.6. The molecule has 17 heteroatoms. The largest absolute Gasteiger partial charge is 0.399 e. The maximum absolute atomic E-state index is 14.6. The van der Waals surface area contributed by atoms with Crippen molar-refractivity contribution in [2.75, 3.05) is 19.7 Å². The number of carbonyl (C=O) groups excluding carboxylic acids is 3. The summed E-state index contributed by atoms with van der Waals surface area (Å²) in [7, 11) is -5.82. The van der Waals surface area contributed by atoms with Gasteiger partial charge in [-0.3, -0.25) is 18.9 Å². The third kappa shape index (κ3) is 7.86. The van der Waals surface area contributed by atoms with Crippen molar-refractivity contribution >= 4 is 69.9 Å². The fourth-order valence-corrected chi connectivity index (χ4v) is 8.46. The number of halogens is 5. The molecule has 4 aromatic rings. The monoisotopic (exact) mass is 811 g/mol. The minimum atomic E-state index is -5.82. The van der Waals surface area contributed by atoms with E-state index < -0.39 is 60.1 Å². The van der Waals surface area contributed by atoms with E-state index in [4.69, 9.17) is 27.9 Å². The van der Waals surface area contributed by atoms with Crippen LogP contribution in [-0.4, -0.2) is 69.1 Å². The summed E-state index contributed by atoms with van der Waals surface area (Å²) >= 11 is 13.2. The Morgan fingerprint density at radius 1 is 1.02 bits per heavy atom. The second-order valence-corrected chi connectivity index (χ2v) is 17.7. The van der Waals surface area contributed by atoms with E-state index in [1.54, 1.807) is 25.7 Å². The zero-order chi connectivity index (χ0) is 38.6. The molecule has 3 N–H and O–H groups in total. The van der Waals surface area contributed by atoms with Crippen LogP contribution in [0.4, 0.5) is 13.2 Å². The van der Waals surface area contributed by atoms with Gasteiger partial charge in [0.15, 0.2) is 0 Å². The van der Waals surface area contributed by atoms with E-state index in [-0.39, 0.29) is 58.9 Å². The van der Waals surface area contributed by atoms with Gasteiger partial charge in [-0.1, -0.05) is 74.3 Å². The van der Waals surface area contributed by atoms with Crippen LogP contribution < -0.4 is 5.32 Å². The molecule has 0 bridgehead atoms. The summed E-state index contributed by atoms with van der Waals surface area (Å²) in [5.41, 5.74) is -4.16. The Balaban J connectivity index is 1.28. The molecule has 1 fully saturated rings. The first-order chi connectivity index (χ1) is 24.8. The van der Waals surface area contributed by atoms with E-state index in [1.165, 1.54) is 29.2 Å². The average molecular weight is 813 g/mol. The lowest BCUT2D eigenvalue weighted by atomic mass is 9.84. The van der Waals surface area contributed by atoms with E-state index in [0.29, 0.717) is 10.3 Å². The number of morpholine rings is 1. The Morgan fingerprint density at radius 3 is 2.40 bits per heavy atom. The van der Waals surface area contributed by atoms with Gasteiger partial charge in [0.2, 0.25) is 11.8 Å². The summed E-state index contributed by atoms with van der Waals surface area (Å²) in [4.78, 5) is 64.2. The lowest BCUT2D eigenvalue weighted by molar-refractivity contribution is -0.153. The SMILES string of the molecule is CC(C)(C)[C@H](NC(=O)c1cc2cc(C(F)(F)P(=O)(O)O)ccc2s1)C(=O)N1Cc2ccccc2C[C@H]1C(=O)N1CCOC(c2cc(F)c(Cl)cc2Cl)C1. The number of alkyl halides is 2. The smallest absolute Gasteiger partial charge is 0.370 e. The summed E-state index contributed by atoms with van der Waals surface area (Å²) in [5.74, 6) is -2.24. The Bertz CT molecular complexity index is 2160. The molecule has 2 aliphatic rings. The van der Waals surface area contributed by atoms with Crippen LogP contribution in [0.3, 0.4) is 0 Å². The van der Waals surface area contributed by atoms with E-state index in [9.17, 15) is 41.9 Å². The molecule has 282 valence electrons. The van der Waals surface area contributed by atoms with Crippen LogP contribution >= 0.6 is 42.1 Å². The minimum absolute atomic E-state index is 0.0347. The highest BCUT2D eigenvalue weighted by atomic mass is 35.5. The van der Waals surface area contributed by atoms with Crippen molar-refractivity contribution in [3.63, 3.8) is 0 Å². The van der Waals surface area contributed by atoms with Crippen LogP contribution in [0.1, 0.15) is 58.8 Å². The Labute approximate surface area is 317 Å². The number of benzene rings is 3. The van der Waals surface area contributed by atoms with E-state index >= 15 is 0 Å². The van der Waals surface area contributed by atoms with Gasteiger partial charge in [-0.15, -0.1) is 11.3 Å². The molecule has 0 saturated carbocycles. The fraction of sp³-hybridized carbons (Fsp3) is 0.361. The van der Waals surface area contributed by atoms with Gasteiger partial charge < -0.3 is 29.6 Å². The topological polar surface area (TPSA) is 136 Å². The zero-order valence-corrected chi connectivity index (χ0v) is 31.8. The zero-order valence-electron chi connectivity index (χ0n) is 28.6. The number of amides is 3. The molecule has 3 heterocycles. The number of fused-ring (bicyclic) bond motifs is 2. The first-order valence-corrected chi connectivity index (χ1v) is 19.6. The van der Waals surface area contributed by atoms with Gasteiger partial charge >= 0.3 is 13.3 Å². The number of thiophene rings is 1. The van der Waals surface area contributed by atoms with Gasteiger partial charge in [0, 0.05) is 40.4 Å². The number of carbonyl (C=O) groups is 3. The molecule has 10 nitrogen and oxygen atoms in total. The molecule has 53 heavy (non-hydrogen) atoms. The molecule has 0 spiro atoms. The predicted octanol–water partition coefficient (Wildman–Crippen LogP) is 7.27. The molecule has 3 aromatic carbocycles. The van der Waals surface area contributed by atoms with Crippen LogP contribution in [0.2, 0.25) is 10.0 Å². The van der Waals surface area contributed by atoms with Crippen LogP contribution in [0.5, 0.6) is 0 Å². The van der Waals surface area contributed by atoms with Gasteiger partial charge in [-0.2, -0.15) is 8.78 Å². The van der Waals surface area contributed by atoms with Gasteiger partial charge in [-0.05, 0) is 52.3 Å². The van der Waals surface area contributed by atoms with E-state index in [1.807, 2.05) is 24.3 Å². The number of nitrogens with zero attached hydrogens (tertiary/aromatic N) is 2. The van der Waals surface area contributed by atoms with Crippen LogP contribution in [-0.2, 0) is 37.5 Å². The Hall–Kier alpha value is -3.49. The number of hydrogen-bond donors (Lipinski definition) is 3. The summed E-state index contributed by atoms with van der Waals surface area (Å²) in [5, 5.41) is 3.00. The summed E-state index contributed by atoms with van der Waals surface area (Å²) < 4.78 is 61.0. The molecular weight excluding hydrogens is 777 g/mol. The number of hydrogen-bond acceptors (Lipinski definition) is 6.